The average molecular weight is 272 g/mol. The van der Waals surface area contributed by atoms with Crippen molar-refractivity contribution in [3.05, 3.63) is 0 Å². The van der Waals surface area contributed by atoms with Crippen LogP contribution in [0.5, 0.6) is 0 Å². The van der Waals surface area contributed by atoms with E-state index in [2.05, 4.69) is 6.92 Å². The molecule has 104 valence electrons. The molecule has 1 saturated heterocycles. The van der Waals surface area contributed by atoms with Crippen LogP contribution in [-0.4, -0.2) is 41.6 Å². The predicted molar refractivity (Wildman–Crippen MR) is 76.4 cm³/mol. The van der Waals surface area contributed by atoms with Crippen LogP contribution in [0.25, 0.3) is 0 Å². The maximum atomic E-state index is 12.4. The topological polar surface area (TPSA) is 55.6 Å². The van der Waals surface area contributed by atoms with Crippen molar-refractivity contribution in [2.45, 2.75) is 46.1 Å². The molecule has 18 heavy (non-hydrogen) atoms. The van der Waals surface area contributed by atoms with Gasteiger partial charge in [-0.3, -0.25) is 4.79 Å². The summed E-state index contributed by atoms with van der Waals surface area (Å²) in [6.07, 6.45) is 3.16. The molecule has 1 amide bonds. The van der Waals surface area contributed by atoms with Crippen LogP contribution in [0.3, 0.4) is 0 Å². The molecule has 4 nitrogen and oxygen atoms in total. The molecule has 0 spiro atoms. The fourth-order valence-electron chi connectivity index (χ4n) is 2.04. The van der Waals surface area contributed by atoms with E-state index in [1.807, 2.05) is 4.90 Å². The summed E-state index contributed by atoms with van der Waals surface area (Å²) in [6, 6.07) is 0. The van der Waals surface area contributed by atoms with Crippen LogP contribution in [0.15, 0.2) is 0 Å². The first-order chi connectivity index (χ1) is 8.39. The van der Waals surface area contributed by atoms with Gasteiger partial charge in [-0.05, 0) is 33.1 Å². The lowest BCUT2D eigenvalue weighted by Gasteiger charge is -2.37. The van der Waals surface area contributed by atoms with Gasteiger partial charge in [0.05, 0.1) is 16.5 Å². The second kappa shape index (κ2) is 6.48. The molecule has 1 rings (SSSR count). The summed E-state index contributed by atoms with van der Waals surface area (Å²) in [7, 11) is 0. The van der Waals surface area contributed by atoms with E-state index in [0.717, 1.165) is 32.4 Å². The zero-order valence-electron chi connectivity index (χ0n) is 11.6. The number of thiocarbonyl (C=S) groups is 1. The molecule has 0 radical (unpaired) electrons. The second-order valence-corrected chi connectivity index (χ2v) is 5.82. The fourth-order valence-corrected chi connectivity index (χ4v) is 2.13. The lowest BCUT2D eigenvalue weighted by Crippen LogP contribution is -2.51. The van der Waals surface area contributed by atoms with Gasteiger partial charge in [-0.15, -0.1) is 0 Å². The van der Waals surface area contributed by atoms with Crippen molar-refractivity contribution in [3.8, 4) is 0 Å². The van der Waals surface area contributed by atoms with Crippen LogP contribution >= 0.6 is 12.2 Å². The Hall–Kier alpha value is -0.680. The molecule has 1 fully saturated rings. The number of rotatable bonds is 5. The minimum Gasteiger partial charge on any atom is -0.392 e. The SMILES string of the molecule is CCCOC1CCCN(C(=O)C(C)(C)C(N)=S)C1. The Balaban J connectivity index is 2.61. The molecule has 1 aliphatic rings. The number of hydrogen-bond donors (Lipinski definition) is 1. The Morgan fingerprint density at radius 1 is 1.56 bits per heavy atom. The summed E-state index contributed by atoms with van der Waals surface area (Å²) >= 11 is 4.98. The smallest absolute Gasteiger partial charge is 0.235 e. The zero-order chi connectivity index (χ0) is 13.8. The van der Waals surface area contributed by atoms with Gasteiger partial charge in [0, 0.05) is 19.7 Å². The molecule has 1 unspecified atom stereocenters. The molecule has 2 N–H and O–H groups in total. The summed E-state index contributed by atoms with van der Waals surface area (Å²) in [4.78, 5) is 14.5. The standard InChI is InChI=1S/C13H24N2O2S/c1-4-8-17-10-6-5-7-15(9-10)12(16)13(2,3)11(14)18/h10H,4-9H2,1-3H3,(H2,14,18). The van der Waals surface area contributed by atoms with E-state index < -0.39 is 5.41 Å². The van der Waals surface area contributed by atoms with Gasteiger partial charge in [0.25, 0.3) is 0 Å². The number of piperidine rings is 1. The van der Waals surface area contributed by atoms with E-state index >= 15 is 0 Å². The Bertz CT molecular complexity index is 318. The summed E-state index contributed by atoms with van der Waals surface area (Å²) in [5.74, 6) is 0.0137. The van der Waals surface area contributed by atoms with E-state index in [4.69, 9.17) is 22.7 Å². The molecule has 0 aromatic rings. The Kier molecular flexibility index (Phi) is 5.53. The minimum absolute atomic E-state index is 0.0137. The van der Waals surface area contributed by atoms with Crippen molar-refractivity contribution in [3.63, 3.8) is 0 Å². The lowest BCUT2D eigenvalue weighted by molar-refractivity contribution is -0.141. The first-order valence-corrected chi connectivity index (χ1v) is 7.01. The van der Waals surface area contributed by atoms with Gasteiger partial charge in [-0.2, -0.15) is 0 Å². The lowest BCUT2D eigenvalue weighted by atomic mass is 9.90. The van der Waals surface area contributed by atoms with Gasteiger partial charge in [0.15, 0.2) is 0 Å². The van der Waals surface area contributed by atoms with E-state index in [1.54, 1.807) is 13.8 Å². The molecule has 1 heterocycles. The number of nitrogens with zero attached hydrogens (tertiary/aromatic N) is 1. The molecule has 1 aliphatic heterocycles. The quantitative estimate of drug-likeness (QED) is 0.774. The largest absolute Gasteiger partial charge is 0.392 e. The minimum atomic E-state index is -0.762. The highest BCUT2D eigenvalue weighted by atomic mass is 32.1. The third kappa shape index (κ3) is 3.65. The Labute approximate surface area is 115 Å². The number of carbonyl (C=O) groups excluding carboxylic acids is 1. The van der Waals surface area contributed by atoms with Gasteiger partial charge in [0.2, 0.25) is 5.91 Å². The van der Waals surface area contributed by atoms with E-state index in [-0.39, 0.29) is 17.0 Å². The first-order valence-electron chi connectivity index (χ1n) is 6.60. The van der Waals surface area contributed by atoms with Crippen LogP contribution < -0.4 is 5.73 Å². The van der Waals surface area contributed by atoms with Crippen molar-refractivity contribution in [2.24, 2.45) is 11.1 Å². The number of hydrogen-bond acceptors (Lipinski definition) is 3. The maximum absolute atomic E-state index is 12.4. The molecule has 0 aromatic carbocycles. The highest BCUT2D eigenvalue weighted by Gasteiger charge is 2.36. The van der Waals surface area contributed by atoms with E-state index in [9.17, 15) is 4.79 Å². The molecular formula is C13H24N2O2S. The molecule has 0 aromatic heterocycles. The van der Waals surface area contributed by atoms with Crippen LogP contribution in [-0.2, 0) is 9.53 Å². The molecule has 5 heteroatoms. The molecule has 1 atom stereocenters. The molecule has 0 saturated carbocycles. The van der Waals surface area contributed by atoms with Crippen molar-refractivity contribution in [1.29, 1.82) is 0 Å². The first kappa shape index (κ1) is 15.4. The zero-order valence-corrected chi connectivity index (χ0v) is 12.4. The van der Waals surface area contributed by atoms with Crippen LogP contribution in [0, 0.1) is 5.41 Å². The average Bonchev–Trinajstić information content (AvgIpc) is 2.35. The van der Waals surface area contributed by atoms with Gasteiger partial charge in [-0.25, -0.2) is 0 Å². The second-order valence-electron chi connectivity index (χ2n) is 5.38. The summed E-state index contributed by atoms with van der Waals surface area (Å²) in [5, 5.41) is 0. The number of nitrogens with two attached hydrogens (primary N) is 1. The molecular weight excluding hydrogens is 248 g/mol. The third-order valence-electron chi connectivity index (χ3n) is 3.37. The predicted octanol–water partition coefficient (Wildman–Crippen LogP) is 1.72. The third-order valence-corrected chi connectivity index (χ3v) is 3.88. The normalized spacial score (nSPS) is 20.8. The van der Waals surface area contributed by atoms with Gasteiger partial charge >= 0.3 is 0 Å². The monoisotopic (exact) mass is 272 g/mol. The molecule has 0 bridgehead atoms. The highest BCUT2D eigenvalue weighted by Crippen LogP contribution is 2.23. The van der Waals surface area contributed by atoms with Crippen molar-refractivity contribution >= 4 is 23.1 Å². The summed E-state index contributed by atoms with van der Waals surface area (Å²) in [6.45, 7) is 7.84. The maximum Gasteiger partial charge on any atom is 0.235 e. The van der Waals surface area contributed by atoms with Crippen molar-refractivity contribution < 1.29 is 9.53 Å². The summed E-state index contributed by atoms with van der Waals surface area (Å²) < 4.78 is 5.73. The van der Waals surface area contributed by atoms with E-state index in [1.165, 1.54) is 0 Å². The van der Waals surface area contributed by atoms with Crippen molar-refractivity contribution in [2.75, 3.05) is 19.7 Å². The summed E-state index contributed by atoms with van der Waals surface area (Å²) in [5.41, 5.74) is 4.88. The Morgan fingerprint density at radius 2 is 2.22 bits per heavy atom. The number of carbonyl (C=O) groups is 1. The fraction of sp³-hybridized carbons (Fsp3) is 0.846. The van der Waals surface area contributed by atoms with Crippen LogP contribution in [0.4, 0.5) is 0 Å². The Morgan fingerprint density at radius 3 is 2.78 bits per heavy atom. The number of ether oxygens (including phenoxy) is 1. The van der Waals surface area contributed by atoms with Crippen LogP contribution in [0.2, 0.25) is 0 Å². The highest BCUT2D eigenvalue weighted by molar-refractivity contribution is 7.80. The van der Waals surface area contributed by atoms with Gasteiger partial charge in [-0.1, -0.05) is 19.1 Å². The van der Waals surface area contributed by atoms with Gasteiger partial charge < -0.3 is 15.4 Å². The van der Waals surface area contributed by atoms with Crippen LogP contribution in [0.1, 0.15) is 40.0 Å². The number of amides is 1. The number of likely N-dealkylation sites (tertiary alicyclic amines) is 1. The van der Waals surface area contributed by atoms with Gasteiger partial charge in [0.1, 0.15) is 0 Å². The van der Waals surface area contributed by atoms with E-state index in [0.29, 0.717) is 6.54 Å². The molecule has 0 aliphatic carbocycles. The van der Waals surface area contributed by atoms with Crippen molar-refractivity contribution in [1.82, 2.24) is 4.90 Å².